The topological polar surface area (TPSA) is 51.5 Å². The van der Waals surface area contributed by atoms with Crippen molar-refractivity contribution in [1.82, 2.24) is 19.9 Å². The lowest BCUT2D eigenvalue weighted by atomic mass is 9.96. The van der Waals surface area contributed by atoms with Gasteiger partial charge < -0.3 is 10.1 Å². The van der Waals surface area contributed by atoms with Crippen LogP contribution < -0.4 is 5.32 Å². The smallest absolute Gasteiger partial charge is 0.0896 e. The van der Waals surface area contributed by atoms with Gasteiger partial charge in [0.2, 0.25) is 0 Å². The summed E-state index contributed by atoms with van der Waals surface area (Å²) >= 11 is 0. The number of ether oxygens (including phenoxy) is 1. The minimum Gasteiger partial charge on any atom is -0.501 e. The van der Waals surface area contributed by atoms with Gasteiger partial charge in [-0.3, -0.25) is 4.98 Å². The molecule has 100 valence electrons. The average Bonchev–Trinajstić information content (AvgIpc) is 2.89. The number of nitrogens with one attached hydrogen (secondary N) is 1. The van der Waals surface area contributed by atoms with E-state index in [1.807, 2.05) is 29.4 Å². The van der Waals surface area contributed by atoms with Crippen molar-refractivity contribution in [3.8, 4) is 0 Å². The summed E-state index contributed by atoms with van der Waals surface area (Å²) in [6, 6.07) is 0.159. The lowest BCUT2D eigenvalue weighted by Gasteiger charge is -2.23. The molecular weight excluding hydrogens is 240 g/mol. The molecule has 19 heavy (non-hydrogen) atoms. The summed E-state index contributed by atoms with van der Waals surface area (Å²) in [5, 5.41) is 7.90. The van der Waals surface area contributed by atoms with E-state index in [-0.39, 0.29) is 6.04 Å². The van der Waals surface area contributed by atoms with Gasteiger partial charge in [0.25, 0.3) is 0 Å². The third kappa shape index (κ3) is 2.33. The molecule has 1 N–H and O–H groups in total. The molecule has 0 spiro atoms. The number of likely N-dealkylation sites (N-methyl/N-ethyl adjacent to an activating group) is 1. The number of aromatic nitrogens is 3. The summed E-state index contributed by atoms with van der Waals surface area (Å²) < 4.78 is 7.33. The largest absolute Gasteiger partial charge is 0.501 e. The lowest BCUT2D eigenvalue weighted by Crippen LogP contribution is -2.24. The Kier molecular flexibility index (Phi) is 3.46. The first kappa shape index (κ1) is 12.2. The Morgan fingerprint density at radius 3 is 3.21 bits per heavy atom. The molecule has 1 atom stereocenters. The molecule has 1 unspecified atom stereocenters. The van der Waals surface area contributed by atoms with Crippen molar-refractivity contribution in [3.05, 3.63) is 42.2 Å². The van der Waals surface area contributed by atoms with Crippen molar-refractivity contribution in [2.75, 3.05) is 13.2 Å². The van der Waals surface area contributed by atoms with Crippen LogP contribution in [0.3, 0.4) is 0 Å². The van der Waals surface area contributed by atoms with Gasteiger partial charge in [-0.1, -0.05) is 6.92 Å². The van der Waals surface area contributed by atoms with Crippen LogP contribution in [0.4, 0.5) is 0 Å². The molecule has 0 saturated carbocycles. The second-order valence-corrected chi connectivity index (χ2v) is 4.66. The van der Waals surface area contributed by atoms with Crippen LogP contribution in [-0.4, -0.2) is 27.7 Å². The van der Waals surface area contributed by atoms with Crippen molar-refractivity contribution in [1.29, 1.82) is 0 Å². The third-order valence-electron chi connectivity index (χ3n) is 3.41. The summed E-state index contributed by atoms with van der Waals surface area (Å²) in [5.74, 6) is 0. The molecule has 0 saturated heterocycles. The van der Waals surface area contributed by atoms with Crippen LogP contribution in [0, 0.1) is 0 Å². The van der Waals surface area contributed by atoms with Crippen LogP contribution in [0.1, 0.15) is 31.4 Å². The van der Waals surface area contributed by atoms with Gasteiger partial charge in [-0.2, -0.15) is 5.10 Å². The first-order valence-electron chi connectivity index (χ1n) is 6.71. The average molecular weight is 258 g/mol. The minimum absolute atomic E-state index is 0.159. The monoisotopic (exact) mass is 258 g/mol. The molecule has 3 rings (SSSR count). The first-order valence-corrected chi connectivity index (χ1v) is 6.71. The van der Waals surface area contributed by atoms with Gasteiger partial charge in [0.15, 0.2) is 0 Å². The van der Waals surface area contributed by atoms with Crippen LogP contribution in [-0.2, 0) is 4.74 Å². The molecule has 1 aliphatic heterocycles. The normalized spacial score (nSPS) is 17.0. The predicted octanol–water partition coefficient (Wildman–Crippen LogP) is 2.07. The molecule has 0 aliphatic carbocycles. The predicted molar refractivity (Wildman–Crippen MR) is 72.7 cm³/mol. The standard InChI is InChI=1S/C14H18N4O/c1-2-16-14(11-4-3-7-19-10-11)12-8-17-18-6-5-15-9-13(12)18/h5-6,8-10,14,16H,2-4,7H2,1H3. The van der Waals surface area contributed by atoms with Crippen molar-refractivity contribution in [2.45, 2.75) is 25.8 Å². The van der Waals surface area contributed by atoms with E-state index in [0.717, 1.165) is 37.1 Å². The van der Waals surface area contributed by atoms with Crippen molar-refractivity contribution < 1.29 is 4.74 Å². The molecule has 2 aromatic rings. The Hall–Kier alpha value is -1.88. The molecule has 2 aromatic heterocycles. The molecular formula is C14H18N4O. The summed E-state index contributed by atoms with van der Waals surface area (Å²) in [6.07, 6.45) is 11.4. The van der Waals surface area contributed by atoms with Gasteiger partial charge in [0.05, 0.1) is 36.8 Å². The maximum absolute atomic E-state index is 5.47. The number of rotatable bonds is 4. The van der Waals surface area contributed by atoms with Crippen molar-refractivity contribution >= 4 is 5.52 Å². The maximum atomic E-state index is 5.47. The third-order valence-corrected chi connectivity index (χ3v) is 3.41. The van der Waals surface area contributed by atoms with E-state index in [0.29, 0.717) is 0 Å². The Bertz CT molecular complexity index is 590. The molecule has 3 heterocycles. The van der Waals surface area contributed by atoms with Crippen molar-refractivity contribution in [3.63, 3.8) is 0 Å². The van der Waals surface area contributed by atoms with Gasteiger partial charge >= 0.3 is 0 Å². The van der Waals surface area contributed by atoms with E-state index in [9.17, 15) is 0 Å². The quantitative estimate of drug-likeness (QED) is 0.912. The fourth-order valence-electron chi connectivity index (χ4n) is 2.52. The second-order valence-electron chi connectivity index (χ2n) is 4.66. The van der Waals surface area contributed by atoms with Crippen LogP contribution >= 0.6 is 0 Å². The molecule has 5 nitrogen and oxygen atoms in total. The van der Waals surface area contributed by atoms with Gasteiger partial charge in [-0.05, 0) is 25.0 Å². The molecule has 0 aromatic carbocycles. The highest BCUT2D eigenvalue weighted by atomic mass is 16.5. The first-order chi connectivity index (χ1) is 9.40. The second kappa shape index (κ2) is 5.40. The molecule has 0 amide bonds. The van der Waals surface area contributed by atoms with Crippen LogP contribution in [0.15, 0.2) is 36.6 Å². The highest BCUT2D eigenvalue weighted by molar-refractivity contribution is 5.55. The Labute approximate surface area is 112 Å². The Balaban J connectivity index is 2.01. The van der Waals surface area contributed by atoms with E-state index in [4.69, 9.17) is 4.74 Å². The zero-order valence-electron chi connectivity index (χ0n) is 11.0. The minimum atomic E-state index is 0.159. The van der Waals surface area contributed by atoms with E-state index in [1.54, 1.807) is 6.20 Å². The van der Waals surface area contributed by atoms with Gasteiger partial charge in [-0.15, -0.1) is 0 Å². The Morgan fingerprint density at radius 2 is 2.42 bits per heavy atom. The fraction of sp³-hybridized carbons (Fsp3) is 0.429. The SMILES string of the molecule is CCNC(C1=COCCC1)c1cnn2ccncc12. The zero-order valence-corrected chi connectivity index (χ0v) is 11.0. The molecule has 0 bridgehead atoms. The number of hydrogen-bond acceptors (Lipinski definition) is 4. The number of nitrogens with zero attached hydrogens (tertiary/aromatic N) is 3. The van der Waals surface area contributed by atoms with Gasteiger partial charge in [-0.25, -0.2) is 4.52 Å². The van der Waals surface area contributed by atoms with Gasteiger partial charge in [0.1, 0.15) is 0 Å². The molecule has 5 heteroatoms. The molecule has 0 fully saturated rings. The lowest BCUT2D eigenvalue weighted by molar-refractivity contribution is 0.219. The highest BCUT2D eigenvalue weighted by Gasteiger charge is 2.21. The van der Waals surface area contributed by atoms with E-state index in [2.05, 4.69) is 22.3 Å². The summed E-state index contributed by atoms with van der Waals surface area (Å²) in [5.41, 5.74) is 3.48. The zero-order chi connectivity index (χ0) is 13.1. The number of fused-ring (bicyclic) bond motifs is 1. The Morgan fingerprint density at radius 1 is 1.47 bits per heavy atom. The molecule has 0 radical (unpaired) electrons. The number of hydrogen-bond donors (Lipinski definition) is 1. The van der Waals surface area contributed by atoms with Gasteiger partial charge in [0, 0.05) is 18.0 Å². The van der Waals surface area contributed by atoms with Crippen molar-refractivity contribution in [2.24, 2.45) is 0 Å². The van der Waals surface area contributed by atoms with E-state index < -0.39 is 0 Å². The van der Waals surface area contributed by atoms with Crippen LogP contribution in [0.2, 0.25) is 0 Å². The summed E-state index contributed by atoms with van der Waals surface area (Å²) in [7, 11) is 0. The van der Waals surface area contributed by atoms with Crippen LogP contribution in [0.25, 0.3) is 5.52 Å². The summed E-state index contributed by atoms with van der Waals surface area (Å²) in [6.45, 7) is 3.83. The maximum Gasteiger partial charge on any atom is 0.0896 e. The summed E-state index contributed by atoms with van der Waals surface area (Å²) in [4.78, 5) is 4.19. The van der Waals surface area contributed by atoms with E-state index >= 15 is 0 Å². The van der Waals surface area contributed by atoms with Crippen LogP contribution in [0.5, 0.6) is 0 Å². The highest BCUT2D eigenvalue weighted by Crippen LogP contribution is 2.29. The molecule has 1 aliphatic rings. The van der Waals surface area contributed by atoms with E-state index in [1.165, 1.54) is 5.57 Å². The fourth-order valence-corrected chi connectivity index (χ4v) is 2.52.